The van der Waals surface area contributed by atoms with Gasteiger partial charge in [-0.3, -0.25) is 4.79 Å². The molecule has 10 heteroatoms. The van der Waals surface area contributed by atoms with Crippen LogP contribution >= 0.6 is 0 Å². The molecule has 9 nitrogen and oxygen atoms in total. The van der Waals surface area contributed by atoms with E-state index in [2.05, 4.69) is 10.3 Å². The molecule has 0 aliphatic carbocycles. The van der Waals surface area contributed by atoms with Crippen LogP contribution < -0.4 is 5.32 Å². The van der Waals surface area contributed by atoms with E-state index >= 15 is 0 Å². The monoisotopic (exact) mass is 443 g/mol. The highest BCUT2D eigenvalue weighted by Crippen LogP contribution is 2.41. The number of nitrogens with one attached hydrogen (secondary N) is 1. The normalized spacial score (nSPS) is 20.9. The number of sulfonamides is 1. The Morgan fingerprint density at radius 1 is 1.29 bits per heavy atom. The van der Waals surface area contributed by atoms with E-state index in [1.165, 1.54) is 28.6 Å². The number of ether oxygens (including phenoxy) is 1. The van der Waals surface area contributed by atoms with E-state index in [1.54, 1.807) is 6.20 Å². The van der Waals surface area contributed by atoms with Crippen LogP contribution in [0.15, 0.2) is 41.6 Å². The molecule has 1 fully saturated rings. The average Bonchev–Trinajstić information content (AvgIpc) is 3.23. The average molecular weight is 444 g/mol. The van der Waals surface area contributed by atoms with Crippen molar-refractivity contribution in [2.45, 2.75) is 55.9 Å². The third-order valence-corrected chi connectivity index (χ3v) is 7.64. The maximum Gasteiger partial charge on any atom is 0.251 e. The quantitative estimate of drug-likeness (QED) is 0.762. The molecule has 1 aromatic carbocycles. The van der Waals surface area contributed by atoms with Gasteiger partial charge in [0.15, 0.2) is 6.10 Å². The minimum Gasteiger partial charge on any atom is -0.352 e. The molecule has 2 aliphatic heterocycles. The molecule has 0 radical (unpaired) electrons. The summed E-state index contributed by atoms with van der Waals surface area (Å²) in [6, 6.07) is 7.88. The summed E-state index contributed by atoms with van der Waals surface area (Å²) in [4.78, 5) is 17.2. The molecule has 31 heavy (non-hydrogen) atoms. The molecule has 1 unspecified atom stereocenters. The van der Waals surface area contributed by atoms with Crippen molar-refractivity contribution in [2.75, 3.05) is 13.1 Å². The Kier molecular flexibility index (Phi) is 5.60. The zero-order valence-electron chi connectivity index (χ0n) is 17.5. The third-order valence-electron chi connectivity index (χ3n) is 5.73. The number of fused-ring (bicyclic) bond motifs is 2. The molecule has 0 bridgehead atoms. The lowest BCUT2D eigenvalue weighted by atomic mass is 9.89. The standard InChI is InChI=1S/C21H25N5O4S/c1-15(2)24-19(27)18-14-25-12-9-23-20(25)21(30-18)7-10-26(11-8-21)31(28,29)17-5-3-16(13-22)4-6-17/h3-6,9,12,15,18H,7-8,10-11,14H2,1-2H3,(H,24,27). The van der Waals surface area contributed by atoms with E-state index in [0.717, 1.165) is 5.82 Å². The fourth-order valence-corrected chi connectivity index (χ4v) is 5.63. The molecular weight excluding hydrogens is 418 g/mol. The van der Waals surface area contributed by atoms with E-state index in [1.807, 2.05) is 30.7 Å². The number of hydrogen-bond acceptors (Lipinski definition) is 6. The molecule has 2 aromatic rings. The lowest BCUT2D eigenvalue weighted by molar-refractivity contribution is -0.171. The maximum atomic E-state index is 13.1. The summed E-state index contributed by atoms with van der Waals surface area (Å²) in [7, 11) is -3.69. The summed E-state index contributed by atoms with van der Waals surface area (Å²) in [5.41, 5.74) is -0.401. The van der Waals surface area contributed by atoms with Crippen molar-refractivity contribution in [3.63, 3.8) is 0 Å². The number of hydrogen-bond donors (Lipinski definition) is 1. The summed E-state index contributed by atoms with van der Waals surface area (Å²) in [5.74, 6) is 0.554. The second-order valence-electron chi connectivity index (χ2n) is 8.21. The smallest absolute Gasteiger partial charge is 0.251 e. The van der Waals surface area contributed by atoms with Gasteiger partial charge in [0.2, 0.25) is 10.0 Å². The van der Waals surface area contributed by atoms with Crippen molar-refractivity contribution >= 4 is 15.9 Å². The Hall–Kier alpha value is -2.74. The number of benzene rings is 1. The minimum absolute atomic E-state index is 0.00403. The Morgan fingerprint density at radius 2 is 1.97 bits per heavy atom. The van der Waals surface area contributed by atoms with Crippen molar-refractivity contribution in [3.05, 3.63) is 48.0 Å². The lowest BCUT2D eigenvalue weighted by Gasteiger charge is -2.45. The molecular formula is C21H25N5O4S. The second kappa shape index (κ2) is 8.07. The Balaban J connectivity index is 1.54. The molecule has 1 saturated heterocycles. The summed E-state index contributed by atoms with van der Waals surface area (Å²) in [6.45, 7) is 4.65. The number of carbonyl (C=O) groups is 1. The topological polar surface area (TPSA) is 117 Å². The molecule has 1 atom stereocenters. The molecule has 1 aromatic heterocycles. The van der Waals surface area contributed by atoms with Crippen molar-refractivity contribution < 1.29 is 17.9 Å². The predicted molar refractivity (Wildman–Crippen MR) is 111 cm³/mol. The first-order valence-electron chi connectivity index (χ1n) is 10.3. The van der Waals surface area contributed by atoms with E-state index in [-0.39, 0.29) is 29.9 Å². The van der Waals surface area contributed by atoms with Crippen molar-refractivity contribution in [3.8, 4) is 6.07 Å². The van der Waals surface area contributed by atoms with Gasteiger partial charge in [-0.1, -0.05) is 0 Å². The number of imidazole rings is 1. The van der Waals surface area contributed by atoms with Gasteiger partial charge in [-0.15, -0.1) is 0 Å². The molecule has 1 N–H and O–H groups in total. The summed E-state index contributed by atoms with van der Waals surface area (Å²) in [6.07, 6.45) is 3.64. The van der Waals surface area contributed by atoms with Gasteiger partial charge < -0.3 is 14.6 Å². The first-order chi connectivity index (χ1) is 14.7. The Morgan fingerprint density at radius 3 is 2.58 bits per heavy atom. The number of nitrogens with zero attached hydrogens (tertiary/aromatic N) is 4. The van der Waals surface area contributed by atoms with Gasteiger partial charge in [0.25, 0.3) is 5.91 Å². The van der Waals surface area contributed by atoms with Crippen LogP contribution in [0.1, 0.15) is 38.1 Å². The van der Waals surface area contributed by atoms with E-state index in [4.69, 9.17) is 10.00 Å². The van der Waals surface area contributed by atoms with Crippen LogP contribution in [0.5, 0.6) is 0 Å². The fraction of sp³-hybridized carbons (Fsp3) is 0.476. The Labute approximate surface area is 181 Å². The van der Waals surface area contributed by atoms with Gasteiger partial charge in [-0.25, -0.2) is 13.4 Å². The molecule has 3 heterocycles. The lowest BCUT2D eigenvalue weighted by Crippen LogP contribution is -2.55. The summed E-state index contributed by atoms with van der Waals surface area (Å²) >= 11 is 0. The van der Waals surface area contributed by atoms with Crippen LogP contribution in [0.3, 0.4) is 0 Å². The molecule has 1 amide bonds. The molecule has 2 aliphatic rings. The largest absolute Gasteiger partial charge is 0.352 e. The minimum atomic E-state index is -3.69. The van der Waals surface area contributed by atoms with Crippen LogP contribution in [-0.4, -0.2) is 53.4 Å². The van der Waals surface area contributed by atoms with Crippen LogP contribution in [0.4, 0.5) is 0 Å². The first-order valence-corrected chi connectivity index (χ1v) is 11.7. The molecule has 4 rings (SSSR count). The van der Waals surface area contributed by atoms with Crippen LogP contribution in [0, 0.1) is 11.3 Å². The summed E-state index contributed by atoms with van der Waals surface area (Å²) in [5, 5.41) is 11.8. The van der Waals surface area contributed by atoms with Gasteiger partial charge >= 0.3 is 0 Å². The Bertz CT molecular complexity index is 1110. The van der Waals surface area contributed by atoms with Gasteiger partial charge in [-0.2, -0.15) is 9.57 Å². The number of rotatable bonds is 4. The van der Waals surface area contributed by atoms with Gasteiger partial charge in [0, 0.05) is 31.5 Å². The van der Waals surface area contributed by atoms with Crippen molar-refractivity contribution in [1.29, 1.82) is 5.26 Å². The second-order valence-corrected chi connectivity index (χ2v) is 10.1. The predicted octanol–water partition coefficient (Wildman–Crippen LogP) is 1.36. The number of aromatic nitrogens is 2. The fourth-order valence-electron chi connectivity index (χ4n) is 4.19. The van der Waals surface area contributed by atoms with E-state index < -0.39 is 21.7 Å². The third kappa shape index (κ3) is 3.96. The molecule has 0 saturated carbocycles. The zero-order valence-corrected chi connectivity index (χ0v) is 18.3. The number of piperidine rings is 1. The van der Waals surface area contributed by atoms with Gasteiger partial charge in [0.05, 0.1) is 23.1 Å². The van der Waals surface area contributed by atoms with Crippen molar-refractivity contribution in [1.82, 2.24) is 19.2 Å². The highest BCUT2D eigenvalue weighted by atomic mass is 32.2. The van der Waals surface area contributed by atoms with E-state index in [0.29, 0.717) is 24.9 Å². The highest BCUT2D eigenvalue weighted by molar-refractivity contribution is 7.89. The number of nitriles is 1. The van der Waals surface area contributed by atoms with Crippen LogP contribution in [-0.2, 0) is 31.7 Å². The first kappa shape index (κ1) is 21.5. The number of carbonyl (C=O) groups excluding carboxylic acids is 1. The van der Waals surface area contributed by atoms with Gasteiger partial charge in [0.1, 0.15) is 11.4 Å². The SMILES string of the molecule is CC(C)NC(=O)C1Cn2ccnc2C2(CCN(S(=O)(=O)c3ccc(C#N)cc3)CC2)O1. The molecule has 164 valence electrons. The highest BCUT2D eigenvalue weighted by Gasteiger charge is 2.48. The number of amides is 1. The van der Waals surface area contributed by atoms with E-state index in [9.17, 15) is 13.2 Å². The van der Waals surface area contributed by atoms with Crippen LogP contribution in [0.2, 0.25) is 0 Å². The van der Waals surface area contributed by atoms with Crippen LogP contribution in [0.25, 0.3) is 0 Å². The summed E-state index contributed by atoms with van der Waals surface area (Å²) < 4.78 is 35.8. The van der Waals surface area contributed by atoms with Crippen molar-refractivity contribution in [2.24, 2.45) is 0 Å². The molecule has 1 spiro atoms. The van der Waals surface area contributed by atoms with Gasteiger partial charge in [-0.05, 0) is 51.0 Å². The zero-order chi connectivity index (χ0) is 22.2. The maximum absolute atomic E-state index is 13.1.